The molecule has 0 bridgehead atoms. The van der Waals surface area contributed by atoms with E-state index in [-0.39, 0.29) is 0 Å². The summed E-state index contributed by atoms with van der Waals surface area (Å²) in [5.74, 6) is 0. The molecule has 1 aromatic heterocycles. The zero-order valence-electron chi connectivity index (χ0n) is 10.3. The molecule has 0 amide bonds. The summed E-state index contributed by atoms with van der Waals surface area (Å²) < 4.78 is 0. The van der Waals surface area contributed by atoms with Crippen LogP contribution < -0.4 is 5.32 Å². The molecular weight excluding hydrogens is 224 g/mol. The van der Waals surface area contributed by atoms with Crippen LogP contribution in [-0.4, -0.2) is 16.6 Å². The fourth-order valence-corrected chi connectivity index (χ4v) is 1.82. The van der Waals surface area contributed by atoms with E-state index in [1.54, 1.807) is 6.20 Å². The Balaban J connectivity index is 1.70. The van der Waals surface area contributed by atoms with Gasteiger partial charge in [-0.3, -0.25) is 10.3 Å². The molecule has 3 heteroatoms. The van der Waals surface area contributed by atoms with E-state index in [4.69, 9.17) is 0 Å². The molecule has 2 rings (SSSR count). The van der Waals surface area contributed by atoms with Gasteiger partial charge >= 0.3 is 0 Å². The third kappa shape index (κ3) is 3.95. The minimum absolute atomic E-state index is 0.664. The highest BCUT2D eigenvalue weighted by Crippen LogP contribution is 2.06. The third-order valence-electron chi connectivity index (χ3n) is 2.79. The molecular formula is C15H18N2O. The van der Waals surface area contributed by atoms with Crippen molar-refractivity contribution in [3.05, 3.63) is 66.0 Å². The van der Waals surface area contributed by atoms with Gasteiger partial charge in [0.1, 0.15) is 6.23 Å². The highest BCUT2D eigenvalue weighted by atomic mass is 16.3. The number of rotatable bonds is 6. The molecule has 0 aliphatic rings. The number of aryl methyl sites for hydroxylation is 1. The Kier molecular flexibility index (Phi) is 4.88. The Morgan fingerprint density at radius 3 is 2.56 bits per heavy atom. The molecule has 0 saturated heterocycles. The maximum Gasteiger partial charge on any atom is 0.148 e. The fourth-order valence-electron chi connectivity index (χ4n) is 1.82. The lowest BCUT2D eigenvalue weighted by molar-refractivity contribution is 0.134. The predicted molar refractivity (Wildman–Crippen MR) is 72.0 cm³/mol. The Labute approximate surface area is 108 Å². The topological polar surface area (TPSA) is 45.1 Å². The summed E-state index contributed by atoms with van der Waals surface area (Å²) in [6.45, 7) is 0.770. The maximum absolute atomic E-state index is 9.84. The third-order valence-corrected chi connectivity index (χ3v) is 2.79. The molecule has 18 heavy (non-hydrogen) atoms. The molecule has 0 fully saturated rings. The smallest absolute Gasteiger partial charge is 0.148 e. The number of nitrogens with zero attached hydrogens (tertiary/aromatic N) is 1. The van der Waals surface area contributed by atoms with Crippen molar-refractivity contribution in [3.63, 3.8) is 0 Å². The van der Waals surface area contributed by atoms with Crippen LogP contribution in [0.2, 0.25) is 0 Å². The number of aliphatic hydroxyl groups is 1. The summed E-state index contributed by atoms with van der Waals surface area (Å²) in [6, 6.07) is 15.9. The normalized spacial score (nSPS) is 12.3. The van der Waals surface area contributed by atoms with E-state index in [0.717, 1.165) is 19.4 Å². The van der Waals surface area contributed by atoms with Gasteiger partial charge in [-0.05, 0) is 37.1 Å². The summed E-state index contributed by atoms with van der Waals surface area (Å²) in [5, 5.41) is 12.9. The second-order valence-electron chi connectivity index (χ2n) is 4.20. The van der Waals surface area contributed by atoms with Gasteiger partial charge in [0.25, 0.3) is 0 Å². The van der Waals surface area contributed by atoms with Crippen LogP contribution in [0.15, 0.2) is 54.7 Å². The highest BCUT2D eigenvalue weighted by molar-refractivity contribution is 5.14. The number of aromatic nitrogens is 1. The lowest BCUT2D eigenvalue weighted by Gasteiger charge is -2.11. The second kappa shape index (κ2) is 6.89. The largest absolute Gasteiger partial charge is 0.373 e. The lowest BCUT2D eigenvalue weighted by Crippen LogP contribution is -2.23. The monoisotopic (exact) mass is 242 g/mol. The van der Waals surface area contributed by atoms with Gasteiger partial charge in [-0.2, -0.15) is 0 Å². The van der Waals surface area contributed by atoms with Gasteiger partial charge in [-0.1, -0.05) is 36.4 Å². The minimum atomic E-state index is -0.679. The van der Waals surface area contributed by atoms with Crippen molar-refractivity contribution < 1.29 is 5.11 Å². The van der Waals surface area contributed by atoms with Gasteiger partial charge in [-0.25, -0.2) is 0 Å². The first kappa shape index (κ1) is 12.7. The van der Waals surface area contributed by atoms with Crippen LogP contribution in [0.4, 0.5) is 0 Å². The van der Waals surface area contributed by atoms with Crippen molar-refractivity contribution in [1.82, 2.24) is 10.3 Å². The quantitative estimate of drug-likeness (QED) is 0.603. The molecule has 0 radical (unpaired) electrons. The molecule has 0 aliphatic heterocycles. The SMILES string of the molecule is OC(NCCCc1ccccc1)c1ccccn1. The molecule has 2 aromatic rings. The molecule has 0 aliphatic carbocycles. The van der Waals surface area contributed by atoms with E-state index in [1.165, 1.54) is 5.56 Å². The first-order valence-electron chi connectivity index (χ1n) is 6.22. The van der Waals surface area contributed by atoms with Crippen LogP contribution in [0.1, 0.15) is 23.9 Å². The molecule has 0 saturated carbocycles. The fraction of sp³-hybridized carbons (Fsp3) is 0.267. The number of hydrogen-bond donors (Lipinski definition) is 2. The van der Waals surface area contributed by atoms with Crippen LogP contribution in [0, 0.1) is 0 Å². The van der Waals surface area contributed by atoms with Gasteiger partial charge in [0.05, 0.1) is 5.69 Å². The van der Waals surface area contributed by atoms with Crippen LogP contribution in [0.3, 0.4) is 0 Å². The molecule has 0 spiro atoms. The molecule has 1 heterocycles. The minimum Gasteiger partial charge on any atom is -0.373 e. The Morgan fingerprint density at radius 2 is 1.83 bits per heavy atom. The van der Waals surface area contributed by atoms with Crippen molar-refractivity contribution in [2.75, 3.05) is 6.54 Å². The summed E-state index contributed by atoms with van der Waals surface area (Å²) >= 11 is 0. The number of pyridine rings is 1. The summed E-state index contributed by atoms with van der Waals surface area (Å²) in [4.78, 5) is 4.10. The first-order chi connectivity index (χ1) is 8.86. The van der Waals surface area contributed by atoms with E-state index >= 15 is 0 Å². The van der Waals surface area contributed by atoms with Crippen molar-refractivity contribution in [3.8, 4) is 0 Å². The van der Waals surface area contributed by atoms with E-state index in [0.29, 0.717) is 5.69 Å². The number of hydrogen-bond acceptors (Lipinski definition) is 3. The van der Waals surface area contributed by atoms with Gasteiger partial charge in [0, 0.05) is 6.20 Å². The summed E-state index contributed by atoms with van der Waals surface area (Å²) in [5.41, 5.74) is 1.99. The van der Waals surface area contributed by atoms with Crippen molar-refractivity contribution in [2.45, 2.75) is 19.1 Å². The van der Waals surface area contributed by atoms with E-state index < -0.39 is 6.23 Å². The molecule has 94 valence electrons. The maximum atomic E-state index is 9.84. The summed E-state index contributed by atoms with van der Waals surface area (Å²) in [6.07, 6.45) is 3.02. The van der Waals surface area contributed by atoms with E-state index in [2.05, 4.69) is 22.4 Å². The van der Waals surface area contributed by atoms with Gasteiger partial charge in [0.15, 0.2) is 0 Å². The van der Waals surface area contributed by atoms with Crippen LogP contribution in [0.25, 0.3) is 0 Å². The van der Waals surface area contributed by atoms with Gasteiger partial charge in [0.2, 0.25) is 0 Å². The summed E-state index contributed by atoms with van der Waals surface area (Å²) in [7, 11) is 0. The zero-order valence-corrected chi connectivity index (χ0v) is 10.3. The zero-order chi connectivity index (χ0) is 12.6. The molecule has 3 nitrogen and oxygen atoms in total. The average molecular weight is 242 g/mol. The molecule has 2 N–H and O–H groups in total. The van der Waals surface area contributed by atoms with E-state index in [9.17, 15) is 5.11 Å². The molecule has 1 aromatic carbocycles. The van der Waals surface area contributed by atoms with Crippen molar-refractivity contribution in [1.29, 1.82) is 0 Å². The second-order valence-corrected chi connectivity index (χ2v) is 4.20. The standard InChI is InChI=1S/C15H18N2O/c18-15(14-10-4-5-11-16-14)17-12-6-9-13-7-2-1-3-8-13/h1-5,7-8,10-11,15,17-18H,6,9,12H2. The molecule has 1 unspecified atom stereocenters. The number of benzene rings is 1. The predicted octanol–water partition coefficient (Wildman–Crippen LogP) is 2.29. The Hall–Kier alpha value is -1.71. The van der Waals surface area contributed by atoms with E-state index in [1.807, 2.05) is 36.4 Å². The van der Waals surface area contributed by atoms with Crippen molar-refractivity contribution in [2.24, 2.45) is 0 Å². The Bertz CT molecular complexity index is 445. The van der Waals surface area contributed by atoms with Crippen molar-refractivity contribution >= 4 is 0 Å². The van der Waals surface area contributed by atoms with Crippen LogP contribution in [-0.2, 0) is 6.42 Å². The van der Waals surface area contributed by atoms with Gasteiger partial charge < -0.3 is 5.11 Å². The van der Waals surface area contributed by atoms with Crippen LogP contribution in [0.5, 0.6) is 0 Å². The highest BCUT2D eigenvalue weighted by Gasteiger charge is 2.05. The lowest BCUT2D eigenvalue weighted by atomic mass is 10.1. The first-order valence-corrected chi connectivity index (χ1v) is 6.22. The number of nitrogens with one attached hydrogen (secondary N) is 1. The molecule has 1 atom stereocenters. The average Bonchev–Trinajstić information content (AvgIpc) is 2.45. The Morgan fingerprint density at radius 1 is 1.06 bits per heavy atom. The number of aliphatic hydroxyl groups excluding tert-OH is 1. The van der Waals surface area contributed by atoms with Gasteiger partial charge in [-0.15, -0.1) is 0 Å². The van der Waals surface area contributed by atoms with Crippen LogP contribution >= 0.6 is 0 Å².